The molecule has 0 aromatic carbocycles. The molecule has 2 heterocycles. The first kappa shape index (κ1) is 18.3. The van der Waals surface area contributed by atoms with Gasteiger partial charge < -0.3 is 0 Å². The fourth-order valence-corrected chi connectivity index (χ4v) is 5.63. The van der Waals surface area contributed by atoms with Crippen LogP contribution >= 0.6 is 0 Å². The van der Waals surface area contributed by atoms with Crippen LogP contribution in [0.4, 0.5) is 0 Å². The summed E-state index contributed by atoms with van der Waals surface area (Å²) in [5.74, 6) is 0.892. The molecule has 2 aliphatic carbocycles. The molecule has 1 aromatic heterocycles. The third kappa shape index (κ3) is 3.78. The van der Waals surface area contributed by atoms with Crippen molar-refractivity contribution in [1.82, 2.24) is 33.7 Å². The smallest absolute Gasteiger partial charge is 0.282 e. The van der Waals surface area contributed by atoms with E-state index in [-0.39, 0.29) is 6.04 Å². The minimum Gasteiger partial charge on any atom is -0.293 e. The highest BCUT2D eigenvalue weighted by molar-refractivity contribution is 7.86. The molecule has 1 aliphatic heterocycles. The molecule has 2 saturated carbocycles. The van der Waals surface area contributed by atoms with Crippen LogP contribution in [0.2, 0.25) is 0 Å². The summed E-state index contributed by atoms with van der Waals surface area (Å²) in [6.45, 7) is 3.19. The summed E-state index contributed by atoms with van der Waals surface area (Å²) in [7, 11) is -1.61. The third-order valence-electron chi connectivity index (χ3n) is 5.93. The maximum atomic E-state index is 13.0. The van der Waals surface area contributed by atoms with Crippen LogP contribution in [0.15, 0.2) is 0 Å². The molecule has 1 saturated heterocycles. The minimum atomic E-state index is -3.36. The molecule has 4 rings (SSSR count). The van der Waals surface area contributed by atoms with E-state index in [1.165, 1.54) is 6.42 Å². The number of hydrogen-bond donors (Lipinski definition) is 0. The average Bonchev–Trinajstić information content (AvgIpc) is 3.41. The monoisotopic (exact) mass is 383 g/mol. The van der Waals surface area contributed by atoms with Gasteiger partial charge in [-0.25, -0.2) is 4.68 Å². The molecule has 0 atom stereocenters. The minimum absolute atomic E-state index is 0.162. The number of nitrogens with zero attached hydrogens (tertiary/aromatic N) is 7. The molecule has 0 amide bonds. The van der Waals surface area contributed by atoms with Crippen LogP contribution in [-0.4, -0.2) is 81.4 Å². The van der Waals surface area contributed by atoms with Crippen LogP contribution in [0.25, 0.3) is 0 Å². The summed E-state index contributed by atoms with van der Waals surface area (Å²) in [5.41, 5.74) is 0. The van der Waals surface area contributed by atoms with Gasteiger partial charge in [0, 0.05) is 39.3 Å². The molecule has 3 fully saturated rings. The molecular formula is C16H29N7O2S. The Hall–Kier alpha value is -1.10. The van der Waals surface area contributed by atoms with Crippen molar-refractivity contribution < 1.29 is 8.42 Å². The molecule has 0 bridgehead atoms. The van der Waals surface area contributed by atoms with Gasteiger partial charge in [-0.15, -0.1) is 5.10 Å². The van der Waals surface area contributed by atoms with E-state index in [2.05, 4.69) is 20.4 Å². The molecule has 0 N–H and O–H groups in total. The third-order valence-corrected chi connectivity index (χ3v) is 7.97. The van der Waals surface area contributed by atoms with Crippen LogP contribution in [0.3, 0.4) is 0 Å². The van der Waals surface area contributed by atoms with Gasteiger partial charge in [-0.2, -0.15) is 17.0 Å². The summed E-state index contributed by atoms with van der Waals surface area (Å²) in [6, 6.07) is 0.626. The quantitative estimate of drug-likeness (QED) is 0.716. The number of hydrogen-bond acceptors (Lipinski definition) is 6. The van der Waals surface area contributed by atoms with Crippen molar-refractivity contribution >= 4 is 10.2 Å². The van der Waals surface area contributed by atoms with E-state index in [9.17, 15) is 8.42 Å². The number of aromatic nitrogens is 4. The zero-order chi connectivity index (χ0) is 18.1. The highest BCUT2D eigenvalue weighted by Gasteiger charge is 2.35. The largest absolute Gasteiger partial charge is 0.293 e. The molecule has 146 valence electrons. The zero-order valence-corrected chi connectivity index (χ0v) is 16.3. The van der Waals surface area contributed by atoms with E-state index in [4.69, 9.17) is 0 Å². The Morgan fingerprint density at radius 1 is 1.04 bits per heavy atom. The standard InChI is InChI=1S/C16H29N7O2S/c1-20(14-5-3-2-4-6-14)26(24,25)22-11-9-21(10-12-22)13-16-17-18-19-23(16)15-7-8-15/h14-15H,2-13H2,1H3. The number of rotatable bonds is 6. The summed E-state index contributed by atoms with van der Waals surface area (Å²) >= 11 is 0. The maximum Gasteiger partial charge on any atom is 0.282 e. The molecule has 0 radical (unpaired) electrons. The maximum absolute atomic E-state index is 13.0. The van der Waals surface area contributed by atoms with Crippen molar-refractivity contribution in [3.63, 3.8) is 0 Å². The lowest BCUT2D eigenvalue weighted by atomic mass is 9.96. The topological polar surface area (TPSA) is 87.5 Å². The van der Waals surface area contributed by atoms with E-state index in [1.54, 1.807) is 15.7 Å². The van der Waals surface area contributed by atoms with Crippen LogP contribution < -0.4 is 0 Å². The van der Waals surface area contributed by atoms with Gasteiger partial charge >= 0.3 is 0 Å². The van der Waals surface area contributed by atoms with Crippen molar-refractivity contribution in [1.29, 1.82) is 0 Å². The summed E-state index contributed by atoms with van der Waals surface area (Å²) in [6.07, 6.45) is 7.76. The Bertz CT molecular complexity index is 704. The van der Waals surface area contributed by atoms with Crippen LogP contribution in [0.1, 0.15) is 56.8 Å². The first-order valence-electron chi connectivity index (χ1n) is 9.78. The first-order chi connectivity index (χ1) is 12.6. The van der Waals surface area contributed by atoms with Crippen molar-refractivity contribution in [3.8, 4) is 0 Å². The van der Waals surface area contributed by atoms with Gasteiger partial charge in [0.15, 0.2) is 5.82 Å². The number of piperazine rings is 1. The molecule has 9 nitrogen and oxygen atoms in total. The molecule has 10 heteroatoms. The van der Waals surface area contributed by atoms with E-state index >= 15 is 0 Å². The van der Waals surface area contributed by atoms with Crippen molar-refractivity contribution in [2.75, 3.05) is 33.2 Å². The van der Waals surface area contributed by atoms with Crippen molar-refractivity contribution in [3.05, 3.63) is 5.82 Å². The van der Waals surface area contributed by atoms with Gasteiger partial charge in [0.1, 0.15) is 0 Å². The second kappa shape index (κ2) is 7.49. The highest BCUT2D eigenvalue weighted by atomic mass is 32.2. The van der Waals surface area contributed by atoms with E-state index < -0.39 is 10.2 Å². The van der Waals surface area contributed by atoms with Crippen molar-refractivity contribution in [2.45, 2.75) is 63.6 Å². The molecule has 3 aliphatic rings. The Morgan fingerprint density at radius 3 is 2.38 bits per heavy atom. The Balaban J connectivity index is 1.33. The van der Waals surface area contributed by atoms with Gasteiger partial charge in [0.25, 0.3) is 10.2 Å². The van der Waals surface area contributed by atoms with E-state index in [1.807, 2.05) is 4.68 Å². The molecule has 0 spiro atoms. The molecule has 26 heavy (non-hydrogen) atoms. The lowest BCUT2D eigenvalue weighted by molar-refractivity contribution is 0.165. The van der Waals surface area contributed by atoms with Crippen LogP contribution in [-0.2, 0) is 16.8 Å². The van der Waals surface area contributed by atoms with Gasteiger partial charge in [-0.05, 0) is 36.1 Å². The SMILES string of the molecule is CN(C1CCCCC1)S(=O)(=O)N1CCN(Cc2nnnn2C2CC2)CC1. The van der Waals surface area contributed by atoms with Crippen LogP contribution in [0, 0.1) is 0 Å². The Morgan fingerprint density at radius 2 is 1.73 bits per heavy atom. The summed E-state index contributed by atoms with van der Waals surface area (Å²) in [5, 5.41) is 12.0. The fourth-order valence-electron chi connectivity index (χ4n) is 4.05. The van der Waals surface area contributed by atoms with Crippen molar-refractivity contribution in [2.24, 2.45) is 0 Å². The normalized spacial score (nSPS) is 24.4. The summed E-state index contributed by atoms with van der Waals surface area (Å²) in [4.78, 5) is 2.25. The summed E-state index contributed by atoms with van der Waals surface area (Å²) < 4.78 is 31.1. The molecule has 0 unspecified atom stereocenters. The Labute approximate surface area is 155 Å². The lowest BCUT2D eigenvalue weighted by Crippen LogP contribution is -2.54. The predicted octanol–water partition coefficient (Wildman–Crippen LogP) is 0.635. The molecule has 1 aromatic rings. The Kier molecular flexibility index (Phi) is 5.27. The van der Waals surface area contributed by atoms with Gasteiger partial charge in [0.2, 0.25) is 0 Å². The second-order valence-corrected chi connectivity index (χ2v) is 9.75. The van der Waals surface area contributed by atoms with Gasteiger partial charge in [0.05, 0.1) is 12.6 Å². The lowest BCUT2D eigenvalue weighted by Gasteiger charge is -2.38. The fraction of sp³-hybridized carbons (Fsp3) is 0.938. The number of tetrazole rings is 1. The van der Waals surface area contributed by atoms with E-state index in [0.717, 1.165) is 57.4 Å². The van der Waals surface area contributed by atoms with Gasteiger partial charge in [-0.3, -0.25) is 4.90 Å². The second-order valence-electron chi connectivity index (χ2n) is 7.76. The van der Waals surface area contributed by atoms with Crippen LogP contribution in [0.5, 0.6) is 0 Å². The zero-order valence-electron chi connectivity index (χ0n) is 15.5. The van der Waals surface area contributed by atoms with Gasteiger partial charge in [-0.1, -0.05) is 19.3 Å². The average molecular weight is 384 g/mol. The first-order valence-corrected chi connectivity index (χ1v) is 11.2. The van der Waals surface area contributed by atoms with E-state index in [0.29, 0.717) is 25.7 Å². The highest BCUT2D eigenvalue weighted by Crippen LogP contribution is 2.34. The predicted molar refractivity (Wildman–Crippen MR) is 96.5 cm³/mol. The molecular weight excluding hydrogens is 354 g/mol.